The van der Waals surface area contributed by atoms with Crippen molar-refractivity contribution >= 4 is 5.91 Å². The quantitative estimate of drug-likeness (QED) is 0.791. The minimum Gasteiger partial charge on any atom is -0.479 e. The van der Waals surface area contributed by atoms with E-state index in [-0.39, 0.29) is 11.7 Å². The van der Waals surface area contributed by atoms with E-state index in [4.69, 9.17) is 9.26 Å². The van der Waals surface area contributed by atoms with Gasteiger partial charge in [-0.2, -0.15) is 0 Å². The third-order valence-corrected chi connectivity index (χ3v) is 3.43. The number of nitrogens with zero attached hydrogens (tertiary/aromatic N) is 2. The van der Waals surface area contributed by atoms with Crippen LogP contribution in [0.25, 0.3) is 0 Å². The number of hydrogen-bond donors (Lipinski definition) is 1. The molecule has 3 heterocycles. The first-order valence-electron chi connectivity index (χ1n) is 5.79. The molecule has 2 atom stereocenters. The Kier molecular flexibility index (Phi) is 2.51. The largest absolute Gasteiger partial charge is 0.479 e. The van der Waals surface area contributed by atoms with Crippen molar-refractivity contribution in [3.8, 4) is 5.88 Å². The minimum atomic E-state index is -0.0980. The Morgan fingerprint density at radius 2 is 2.53 bits per heavy atom. The lowest BCUT2D eigenvalue weighted by atomic mass is 10.00. The first-order chi connectivity index (χ1) is 8.26. The highest BCUT2D eigenvalue weighted by Gasteiger charge is 2.35. The van der Waals surface area contributed by atoms with E-state index in [1.165, 1.54) is 19.6 Å². The summed E-state index contributed by atoms with van der Waals surface area (Å²) in [6.45, 7) is 2.55. The van der Waals surface area contributed by atoms with Gasteiger partial charge in [-0.1, -0.05) is 0 Å². The Morgan fingerprint density at radius 1 is 1.65 bits per heavy atom. The molecule has 2 saturated heterocycles. The lowest BCUT2D eigenvalue weighted by molar-refractivity contribution is 0.0649. The summed E-state index contributed by atoms with van der Waals surface area (Å²) in [5.41, 5.74) is 0. The Hall–Kier alpha value is -1.56. The van der Waals surface area contributed by atoms with Crippen molar-refractivity contribution in [3.63, 3.8) is 0 Å². The molecular weight excluding hydrogens is 222 g/mol. The predicted octanol–water partition coefficient (Wildman–Crippen LogP) is 0.117. The second-order valence-electron chi connectivity index (χ2n) is 4.65. The Labute approximate surface area is 98.9 Å². The second kappa shape index (κ2) is 4.03. The lowest BCUT2D eigenvalue weighted by Gasteiger charge is -2.30. The smallest absolute Gasteiger partial charge is 0.292 e. The molecule has 92 valence electrons. The SMILES string of the molecule is COc1cc(C(=O)N2C[C@@H]3CN[C@@H](C3)C2)on1. The van der Waals surface area contributed by atoms with Crippen molar-refractivity contribution in [2.75, 3.05) is 26.7 Å². The third-order valence-electron chi connectivity index (χ3n) is 3.43. The van der Waals surface area contributed by atoms with E-state index in [9.17, 15) is 4.79 Å². The molecule has 1 N–H and O–H groups in total. The molecule has 0 radical (unpaired) electrons. The fourth-order valence-electron chi connectivity index (χ4n) is 2.61. The van der Waals surface area contributed by atoms with Crippen LogP contribution in [-0.4, -0.2) is 48.7 Å². The molecule has 0 saturated carbocycles. The molecule has 6 heteroatoms. The molecule has 6 nitrogen and oxygen atoms in total. The number of aromatic nitrogens is 1. The van der Waals surface area contributed by atoms with Crippen LogP contribution in [0.4, 0.5) is 0 Å². The zero-order valence-corrected chi connectivity index (χ0v) is 9.68. The van der Waals surface area contributed by atoms with E-state index in [0.717, 1.165) is 19.6 Å². The molecule has 0 aromatic carbocycles. The van der Waals surface area contributed by atoms with Crippen molar-refractivity contribution in [3.05, 3.63) is 11.8 Å². The summed E-state index contributed by atoms with van der Waals surface area (Å²) in [7, 11) is 1.50. The highest BCUT2D eigenvalue weighted by atomic mass is 16.5. The molecule has 2 aliphatic rings. The summed E-state index contributed by atoms with van der Waals surface area (Å²) in [5.74, 6) is 1.07. The van der Waals surface area contributed by atoms with Crippen LogP contribution in [0, 0.1) is 5.92 Å². The monoisotopic (exact) mass is 237 g/mol. The van der Waals surface area contributed by atoms with Gasteiger partial charge in [-0.05, 0) is 17.5 Å². The maximum Gasteiger partial charge on any atom is 0.292 e. The van der Waals surface area contributed by atoms with E-state index in [1.807, 2.05) is 4.90 Å². The van der Waals surface area contributed by atoms with Crippen molar-refractivity contribution < 1.29 is 14.1 Å². The number of amides is 1. The van der Waals surface area contributed by atoms with Gasteiger partial charge in [0.25, 0.3) is 11.8 Å². The number of carbonyl (C=O) groups excluding carboxylic acids is 1. The van der Waals surface area contributed by atoms with Crippen molar-refractivity contribution in [1.82, 2.24) is 15.4 Å². The van der Waals surface area contributed by atoms with Crippen LogP contribution in [0.15, 0.2) is 10.6 Å². The molecule has 0 spiro atoms. The van der Waals surface area contributed by atoms with Crippen LogP contribution in [0.2, 0.25) is 0 Å². The van der Waals surface area contributed by atoms with Crippen LogP contribution in [-0.2, 0) is 0 Å². The number of fused-ring (bicyclic) bond motifs is 2. The molecule has 0 aliphatic carbocycles. The van der Waals surface area contributed by atoms with Gasteiger partial charge in [-0.25, -0.2) is 0 Å². The van der Waals surface area contributed by atoms with Gasteiger partial charge in [-0.15, -0.1) is 0 Å². The topological polar surface area (TPSA) is 67.6 Å². The number of nitrogens with one attached hydrogen (secondary N) is 1. The van der Waals surface area contributed by atoms with E-state index < -0.39 is 0 Å². The Morgan fingerprint density at radius 3 is 3.24 bits per heavy atom. The molecule has 2 aliphatic heterocycles. The van der Waals surface area contributed by atoms with E-state index in [0.29, 0.717) is 17.8 Å². The van der Waals surface area contributed by atoms with Crippen molar-refractivity contribution in [1.29, 1.82) is 0 Å². The summed E-state index contributed by atoms with van der Waals surface area (Å²) < 4.78 is 9.87. The molecule has 2 bridgehead atoms. The molecular formula is C11H15N3O3. The molecule has 3 rings (SSSR count). The third kappa shape index (κ3) is 1.88. The highest BCUT2D eigenvalue weighted by molar-refractivity contribution is 5.91. The lowest BCUT2D eigenvalue weighted by Crippen LogP contribution is -2.44. The van der Waals surface area contributed by atoms with Gasteiger partial charge < -0.3 is 19.5 Å². The van der Waals surface area contributed by atoms with Crippen LogP contribution >= 0.6 is 0 Å². The number of methoxy groups -OCH3 is 1. The van der Waals surface area contributed by atoms with Crippen LogP contribution in [0.5, 0.6) is 5.88 Å². The van der Waals surface area contributed by atoms with Gasteiger partial charge in [0, 0.05) is 25.7 Å². The van der Waals surface area contributed by atoms with Gasteiger partial charge in [0.1, 0.15) is 0 Å². The summed E-state index contributed by atoms with van der Waals surface area (Å²) in [6, 6.07) is 1.97. The Bertz CT molecular complexity index is 419. The summed E-state index contributed by atoms with van der Waals surface area (Å²) in [4.78, 5) is 14.0. The van der Waals surface area contributed by atoms with Gasteiger partial charge >= 0.3 is 0 Å². The average molecular weight is 237 g/mol. The van der Waals surface area contributed by atoms with Gasteiger partial charge in [-0.3, -0.25) is 4.79 Å². The van der Waals surface area contributed by atoms with Gasteiger partial charge in [0.05, 0.1) is 13.2 Å². The number of likely N-dealkylation sites (tertiary alicyclic amines) is 1. The first-order valence-corrected chi connectivity index (χ1v) is 5.79. The summed E-state index contributed by atoms with van der Waals surface area (Å²) in [5, 5.41) is 7.05. The number of rotatable bonds is 2. The molecule has 0 unspecified atom stereocenters. The van der Waals surface area contributed by atoms with Gasteiger partial charge in [0.2, 0.25) is 5.76 Å². The van der Waals surface area contributed by atoms with E-state index in [2.05, 4.69) is 10.5 Å². The maximum absolute atomic E-state index is 12.2. The average Bonchev–Trinajstić information content (AvgIpc) is 2.95. The normalized spacial score (nSPS) is 27.2. The molecule has 1 aromatic rings. The predicted molar refractivity (Wildman–Crippen MR) is 58.9 cm³/mol. The fraction of sp³-hybridized carbons (Fsp3) is 0.636. The molecule has 17 heavy (non-hydrogen) atoms. The van der Waals surface area contributed by atoms with Crippen LogP contribution in [0.1, 0.15) is 17.0 Å². The summed E-state index contributed by atoms with van der Waals surface area (Å²) >= 11 is 0. The van der Waals surface area contributed by atoms with Gasteiger partial charge in [0.15, 0.2) is 0 Å². The Balaban J connectivity index is 1.73. The molecule has 1 aromatic heterocycles. The number of hydrogen-bond acceptors (Lipinski definition) is 5. The fourth-order valence-corrected chi connectivity index (χ4v) is 2.61. The standard InChI is InChI=1S/C11H15N3O3/c1-16-10-3-9(17-13-10)11(15)14-5-7-2-8(6-14)12-4-7/h3,7-8,12H,2,4-6H2,1H3/t7-,8-/m0/s1. The zero-order chi connectivity index (χ0) is 11.8. The second-order valence-corrected chi connectivity index (χ2v) is 4.65. The molecule has 1 amide bonds. The molecule has 2 fully saturated rings. The summed E-state index contributed by atoms with van der Waals surface area (Å²) in [6.07, 6.45) is 1.17. The first kappa shape index (κ1) is 10.6. The maximum atomic E-state index is 12.2. The highest BCUT2D eigenvalue weighted by Crippen LogP contribution is 2.24. The van der Waals surface area contributed by atoms with E-state index in [1.54, 1.807) is 0 Å². The number of piperidine rings is 1. The minimum absolute atomic E-state index is 0.0980. The zero-order valence-electron chi connectivity index (χ0n) is 9.68. The van der Waals surface area contributed by atoms with E-state index >= 15 is 0 Å². The van der Waals surface area contributed by atoms with Crippen LogP contribution in [0.3, 0.4) is 0 Å². The number of carbonyl (C=O) groups is 1. The van der Waals surface area contributed by atoms with Crippen molar-refractivity contribution in [2.45, 2.75) is 12.5 Å². The van der Waals surface area contributed by atoms with Crippen LogP contribution < -0.4 is 10.1 Å². The van der Waals surface area contributed by atoms with Crippen molar-refractivity contribution in [2.24, 2.45) is 5.92 Å². The number of ether oxygens (including phenoxy) is 1.